The first-order chi connectivity index (χ1) is 14.7. The zero-order valence-electron chi connectivity index (χ0n) is 19.2. The van der Waals surface area contributed by atoms with Crippen molar-refractivity contribution in [2.45, 2.75) is 66.3 Å². The SMILES string of the molecule is CC(CC(=O)Nc1cccc(-c2cc3c(o2)CCN(C(=O)C2CC2)C3)c1)CC(C)(C)C. The number of amides is 2. The lowest BCUT2D eigenvalue weighted by Crippen LogP contribution is -2.36. The highest BCUT2D eigenvalue weighted by Gasteiger charge is 2.35. The van der Waals surface area contributed by atoms with Crippen LogP contribution in [-0.2, 0) is 22.6 Å². The fourth-order valence-corrected chi connectivity index (χ4v) is 4.65. The highest BCUT2D eigenvalue weighted by molar-refractivity contribution is 5.91. The van der Waals surface area contributed by atoms with Crippen LogP contribution in [0.1, 0.15) is 64.7 Å². The van der Waals surface area contributed by atoms with Crippen LogP contribution < -0.4 is 5.32 Å². The normalized spacial score (nSPS) is 17.2. The summed E-state index contributed by atoms with van der Waals surface area (Å²) in [7, 11) is 0. The summed E-state index contributed by atoms with van der Waals surface area (Å²) >= 11 is 0. The van der Waals surface area contributed by atoms with Gasteiger partial charge in [-0.1, -0.05) is 39.8 Å². The minimum atomic E-state index is 0.0434. The van der Waals surface area contributed by atoms with E-state index in [1.54, 1.807) is 0 Å². The van der Waals surface area contributed by atoms with Crippen molar-refractivity contribution < 1.29 is 14.0 Å². The molecule has 2 amide bonds. The number of carbonyl (C=O) groups is 2. The van der Waals surface area contributed by atoms with Crippen LogP contribution in [0.5, 0.6) is 0 Å². The molecule has 0 saturated heterocycles. The molecule has 5 heteroatoms. The highest BCUT2D eigenvalue weighted by Crippen LogP contribution is 2.35. The topological polar surface area (TPSA) is 62.6 Å². The summed E-state index contributed by atoms with van der Waals surface area (Å²) in [6, 6.07) is 9.86. The Kier molecular flexibility index (Phi) is 5.96. The molecular weight excluding hydrogens is 388 g/mol. The highest BCUT2D eigenvalue weighted by atomic mass is 16.3. The minimum Gasteiger partial charge on any atom is -0.461 e. The van der Waals surface area contributed by atoms with Crippen molar-refractivity contribution in [1.82, 2.24) is 4.90 Å². The van der Waals surface area contributed by atoms with Crippen LogP contribution in [-0.4, -0.2) is 23.3 Å². The average Bonchev–Trinajstić information content (AvgIpc) is 3.44. The quantitative estimate of drug-likeness (QED) is 0.655. The molecule has 5 nitrogen and oxygen atoms in total. The van der Waals surface area contributed by atoms with Crippen molar-refractivity contribution in [2.75, 3.05) is 11.9 Å². The van der Waals surface area contributed by atoms with E-state index in [-0.39, 0.29) is 17.2 Å². The van der Waals surface area contributed by atoms with Crippen LogP contribution in [0.3, 0.4) is 0 Å². The van der Waals surface area contributed by atoms with Crippen LogP contribution >= 0.6 is 0 Å². The minimum absolute atomic E-state index is 0.0434. The van der Waals surface area contributed by atoms with E-state index in [4.69, 9.17) is 4.42 Å². The Labute approximate surface area is 185 Å². The lowest BCUT2D eigenvalue weighted by atomic mass is 9.84. The number of carbonyl (C=O) groups excluding carboxylic acids is 2. The fourth-order valence-electron chi connectivity index (χ4n) is 4.65. The van der Waals surface area contributed by atoms with Gasteiger partial charge in [-0.2, -0.15) is 0 Å². The van der Waals surface area contributed by atoms with Crippen molar-refractivity contribution >= 4 is 17.5 Å². The summed E-state index contributed by atoms with van der Waals surface area (Å²) in [5, 5.41) is 3.04. The maximum Gasteiger partial charge on any atom is 0.225 e. The maximum absolute atomic E-state index is 12.5. The Morgan fingerprint density at radius 2 is 2.00 bits per heavy atom. The van der Waals surface area contributed by atoms with Gasteiger partial charge in [0.15, 0.2) is 0 Å². The molecule has 2 aromatic rings. The summed E-state index contributed by atoms with van der Waals surface area (Å²) in [5.74, 6) is 2.68. The number of hydrogen-bond donors (Lipinski definition) is 1. The number of hydrogen-bond acceptors (Lipinski definition) is 3. The van der Waals surface area contributed by atoms with Gasteiger partial charge >= 0.3 is 0 Å². The van der Waals surface area contributed by atoms with Crippen molar-refractivity contribution in [3.8, 4) is 11.3 Å². The van der Waals surface area contributed by atoms with Gasteiger partial charge in [-0.15, -0.1) is 0 Å². The van der Waals surface area contributed by atoms with Crippen LogP contribution in [0, 0.1) is 17.3 Å². The zero-order valence-corrected chi connectivity index (χ0v) is 19.2. The molecule has 1 aliphatic carbocycles. The van der Waals surface area contributed by atoms with Crippen LogP contribution in [0.4, 0.5) is 5.69 Å². The molecule has 0 bridgehead atoms. The maximum atomic E-state index is 12.5. The molecule has 1 N–H and O–H groups in total. The molecule has 0 radical (unpaired) electrons. The lowest BCUT2D eigenvalue weighted by Gasteiger charge is -2.26. The van der Waals surface area contributed by atoms with E-state index < -0.39 is 0 Å². The first-order valence-electron chi connectivity index (χ1n) is 11.5. The molecule has 166 valence electrons. The van der Waals surface area contributed by atoms with E-state index in [0.717, 1.165) is 60.6 Å². The first-order valence-corrected chi connectivity index (χ1v) is 11.5. The number of nitrogens with one attached hydrogen (secondary N) is 1. The predicted molar refractivity (Wildman–Crippen MR) is 122 cm³/mol. The third-order valence-corrected chi connectivity index (χ3v) is 6.03. The largest absolute Gasteiger partial charge is 0.461 e. The van der Waals surface area contributed by atoms with Gasteiger partial charge < -0.3 is 14.6 Å². The van der Waals surface area contributed by atoms with Crippen LogP contribution in [0.25, 0.3) is 11.3 Å². The monoisotopic (exact) mass is 422 g/mol. The molecule has 2 heterocycles. The van der Waals surface area contributed by atoms with E-state index in [2.05, 4.69) is 33.0 Å². The smallest absolute Gasteiger partial charge is 0.225 e. The van der Waals surface area contributed by atoms with Crippen molar-refractivity contribution in [3.05, 3.63) is 41.7 Å². The summed E-state index contributed by atoms with van der Waals surface area (Å²) in [6.07, 6.45) is 4.36. The van der Waals surface area contributed by atoms with Gasteiger partial charge in [0.05, 0.1) is 0 Å². The Balaban J connectivity index is 1.41. The molecule has 1 fully saturated rings. The number of rotatable bonds is 6. The van der Waals surface area contributed by atoms with Gasteiger partial charge in [0.25, 0.3) is 0 Å². The van der Waals surface area contributed by atoms with E-state index in [1.165, 1.54) is 0 Å². The van der Waals surface area contributed by atoms with Gasteiger partial charge in [0, 0.05) is 48.7 Å². The van der Waals surface area contributed by atoms with E-state index in [0.29, 0.717) is 24.8 Å². The third kappa shape index (κ3) is 5.57. The van der Waals surface area contributed by atoms with Crippen molar-refractivity contribution in [3.63, 3.8) is 0 Å². The molecule has 1 atom stereocenters. The molecule has 0 spiro atoms. The Morgan fingerprint density at radius 3 is 2.71 bits per heavy atom. The number of anilines is 1. The average molecular weight is 423 g/mol. The predicted octanol–water partition coefficient (Wildman–Crippen LogP) is 5.64. The third-order valence-electron chi connectivity index (χ3n) is 6.03. The molecule has 1 unspecified atom stereocenters. The lowest BCUT2D eigenvalue weighted by molar-refractivity contribution is -0.133. The van der Waals surface area contributed by atoms with Crippen LogP contribution in [0.2, 0.25) is 0 Å². The van der Waals surface area contributed by atoms with Gasteiger partial charge in [0.2, 0.25) is 11.8 Å². The van der Waals surface area contributed by atoms with E-state index >= 15 is 0 Å². The number of fused-ring (bicyclic) bond motifs is 1. The first kappa shape index (κ1) is 21.7. The van der Waals surface area contributed by atoms with Crippen molar-refractivity contribution in [1.29, 1.82) is 0 Å². The van der Waals surface area contributed by atoms with Crippen molar-refractivity contribution in [2.24, 2.45) is 17.3 Å². The Bertz CT molecular complexity index is 965. The zero-order chi connectivity index (χ0) is 22.2. The summed E-state index contributed by atoms with van der Waals surface area (Å²) in [5.41, 5.74) is 3.04. The number of nitrogens with zero attached hydrogens (tertiary/aromatic N) is 1. The van der Waals surface area contributed by atoms with Gasteiger partial charge in [-0.05, 0) is 48.8 Å². The molecule has 31 heavy (non-hydrogen) atoms. The van der Waals surface area contributed by atoms with Gasteiger partial charge in [0.1, 0.15) is 11.5 Å². The molecule has 1 aromatic carbocycles. The molecular formula is C26H34N2O3. The number of benzene rings is 1. The molecule has 1 aliphatic heterocycles. The molecule has 1 saturated carbocycles. The molecule has 1 aromatic heterocycles. The molecule has 2 aliphatic rings. The van der Waals surface area contributed by atoms with Gasteiger partial charge in [-0.3, -0.25) is 9.59 Å². The second-order valence-corrected chi connectivity index (χ2v) is 10.5. The standard InChI is InChI=1S/C26H34N2O3/c1-17(15-26(2,3)4)12-24(29)27-21-7-5-6-19(13-21)23-14-20-16-28(11-10-22(20)31-23)25(30)18-8-9-18/h5-7,13-14,17-18H,8-12,15-16H2,1-4H3,(H,27,29). The number of furan rings is 1. The Hall–Kier alpha value is -2.56. The van der Waals surface area contributed by atoms with Gasteiger partial charge in [-0.25, -0.2) is 0 Å². The Morgan fingerprint density at radius 1 is 1.23 bits per heavy atom. The van der Waals surface area contributed by atoms with E-state index in [1.807, 2.05) is 35.2 Å². The molecule has 4 rings (SSSR count). The fraction of sp³-hybridized carbons (Fsp3) is 0.538. The van der Waals surface area contributed by atoms with Crippen LogP contribution in [0.15, 0.2) is 34.7 Å². The van der Waals surface area contributed by atoms with E-state index in [9.17, 15) is 9.59 Å². The second kappa shape index (κ2) is 8.52. The summed E-state index contributed by atoms with van der Waals surface area (Å²) < 4.78 is 6.13. The summed E-state index contributed by atoms with van der Waals surface area (Å²) in [4.78, 5) is 26.9. The second-order valence-electron chi connectivity index (χ2n) is 10.5. The summed E-state index contributed by atoms with van der Waals surface area (Å²) in [6.45, 7) is 10.1.